The molecule has 0 aliphatic heterocycles. The third-order valence-corrected chi connectivity index (χ3v) is 2.58. The number of halogens is 2. The van der Waals surface area contributed by atoms with Gasteiger partial charge in [0.05, 0.1) is 17.5 Å². The minimum atomic E-state index is -1.06. The van der Waals surface area contributed by atoms with E-state index in [0.29, 0.717) is 5.56 Å². The summed E-state index contributed by atoms with van der Waals surface area (Å²) in [5, 5.41) is 8.94. The molecule has 18 heavy (non-hydrogen) atoms. The van der Waals surface area contributed by atoms with Gasteiger partial charge < -0.3 is 5.11 Å². The third-order valence-electron chi connectivity index (χ3n) is 2.39. The quantitative estimate of drug-likeness (QED) is 0.867. The van der Waals surface area contributed by atoms with Gasteiger partial charge >= 0.3 is 5.97 Å². The van der Waals surface area contributed by atoms with Crippen LogP contribution in [0.3, 0.4) is 0 Å². The van der Waals surface area contributed by atoms with Gasteiger partial charge in [0.2, 0.25) is 5.28 Å². The van der Waals surface area contributed by atoms with Gasteiger partial charge in [-0.1, -0.05) is 18.2 Å². The maximum Gasteiger partial charge on any atom is 0.335 e. The van der Waals surface area contributed by atoms with Gasteiger partial charge in [0.25, 0.3) is 0 Å². The lowest BCUT2D eigenvalue weighted by molar-refractivity contribution is 0.0696. The van der Waals surface area contributed by atoms with Crippen LogP contribution >= 0.6 is 11.6 Å². The molecule has 1 aromatic carbocycles. The summed E-state index contributed by atoms with van der Waals surface area (Å²) in [7, 11) is 0. The molecule has 0 aliphatic rings. The van der Waals surface area contributed by atoms with E-state index in [1.807, 2.05) is 0 Å². The molecule has 92 valence electrons. The van der Waals surface area contributed by atoms with E-state index in [9.17, 15) is 9.18 Å². The molecule has 1 heterocycles. The summed E-state index contributed by atoms with van der Waals surface area (Å²) in [6, 6.07) is 6.36. The summed E-state index contributed by atoms with van der Waals surface area (Å²) in [5.41, 5.74) is 0.661. The van der Waals surface area contributed by atoms with Crippen molar-refractivity contribution in [1.82, 2.24) is 9.97 Å². The highest BCUT2D eigenvalue weighted by atomic mass is 35.5. The van der Waals surface area contributed by atoms with Crippen LogP contribution in [-0.4, -0.2) is 21.0 Å². The highest BCUT2D eigenvalue weighted by molar-refractivity contribution is 6.28. The first-order valence-electron chi connectivity index (χ1n) is 5.06. The molecule has 1 N–H and O–H groups in total. The van der Waals surface area contributed by atoms with Gasteiger partial charge in [0, 0.05) is 6.42 Å². The van der Waals surface area contributed by atoms with Crippen molar-refractivity contribution in [2.75, 3.05) is 0 Å². The first-order chi connectivity index (χ1) is 8.58. The number of nitrogens with zero attached hydrogens (tertiary/aromatic N) is 2. The first kappa shape index (κ1) is 12.4. The number of rotatable bonds is 3. The van der Waals surface area contributed by atoms with Gasteiger partial charge in [-0.05, 0) is 23.2 Å². The number of carbonyl (C=O) groups is 1. The zero-order valence-electron chi connectivity index (χ0n) is 9.10. The van der Waals surface area contributed by atoms with Crippen molar-refractivity contribution < 1.29 is 14.3 Å². The van der Waals surface area contributed by atoms with Crippen molar-refractivity contribution in [2.24, 2.45) is 0 Å². The van der Waals surface area contributed by atoms with E-state index in [0.717, 1.165) is 6.20 Å². The maximum absolute atomic E-state index is 13.5. The molecule has 2 aromatic rings. The van der Waals surface area contributed by atoms with Crippen LogP contribution in [0.2, 0.25) is 5.28 Å². The molecule has 2 rings (SSSR count). The van der Waals surface area contributed by atoms with E-state index in [1.165, 1.54) is 6.07 Å². The second-order valence-corrected chi connectivity index (χ2v) is 3.91. The van der Waals surface area contributed by atoms with Crippen molar-refractivity contribution in [3.8, 4) is 0 Å². The van der Waals surface area contributed by atoms with Crippen LogP contribution in [0.5, 0.6) is 0 Å². The standard InChI is InChI=1S/C12H8ClFN2O2/c13-12-15-6-9(14)10(16-12)5-7-3-1-2-4-8(7)11(17)18/h1-4,6H,5H2,(H,17,18). The van der Waals surface area contributed by atoms with Crippen molar-refractivity contribution in [1.29, 1.82) is 0 Å². The van der Waals surface area contributed by atoms with E-state index in [-0.39, 0.29) is 23.0 Å². The smallest absolute Gasteiger partial charge is 0.335 e. The minimum absolute atomic E-state index is 0.0521. The summed E-state index contributed by atoms with van der Waals surface area (Å²) in [4.78, 5) is 18.3. The van der Waals surface area contributed by atoms with Crippen LogP contribution in [0.15, 0.2) is 30.5 Å². The largest absolute Gasteiger partial charge is 0.478 e. The molecule has 0 saturated carbocycles. The predicted octanol–water partition coefficient (Wildman–Crippen LogP) is 2.56. The number of carboxylic acids is 1. The monoisotopic (exact) mass is 266 g/mol. The number of aromatic carboxylic acids is 1. The molecule has 0 atom stereocenters. The molecule has 6 heteroatoms. The lowest BCUT2D eigenvalue weighted by Gasteiger charge is -2.06. The Morgan fingerprint density at radius 2 is 2.11 bits per heavy atom. The molecular formula is C12H8ClFN2O2. The van der Waals surface area contributed by atoms with Crippen LogP contribution in [0, 0.1) is 5.82 Å². The highest BCUT2D eigenvalue weighted by Crippen LogP contribution is 2.16. The van der Waals surface area contributed by atoms with Crippen molar-refractivity contribution in [3.63, 3.8) is 0 Å². The van der Waals surface area contributed by atoms with Crippen molar-refractivity contribution in [2.45, 2.75) is 6.42 Å². The van der Waals surface area contributed by atoms with Gasteiger partial charge in [-0.3, -0.25) is 0 Å². The SMILES string of the molecule is O=C(O)c1ccccc1Cc1nc(Cl)ncc1F. The fraction of sp³-hybridized carbons (Fsp3) is 0.0833. The van der Waals surface area contributed by atoms with Crippen LogP contribution in [-0.2, 0) is 6.42 Å². The Labute approximate surface area is 107 Å². The highest BCUT2D eigenvalue weighted by Gasteiger charge is 2.13. The average molecular weight is 267 g/mol. The van der Waals surface area contributed by atoms with Gasteiger partial charge in [-0.25, -0.2) is 19.2 Å². The molecular weight excluding hydrogens is 259 g/mol. The molecule has 0 saturated heterocycles. The number of aromatic nitrogens is 2. The molecule has 0 amide bonds. The van der Waals surface area contributed by atoms with Gasteiger partial charge in [-0.2, -0.15) is 0 Å². The summed E-state index contributed by atoms with van der Waals surface area (Å²) >= 11 is 5.58. The van der Waals surface area contributed by atoms with Crippen molar-refractivity contribution in [3.05, 3.63) is 58.4 Å². The molecule has 0 radical (unpaired) electrons. The number of carboxylic acid groups (broad SMARTS) is 1. The van der Waals surface area contributed by atoms with Crippen molar-refractivity contribution >= 4 is 17.6 Å². The first-order valence-corrected chi connectivity index (χ1v) is 5.44. The molecule has 1 aromatic heterocycles. The van der Waals surface area contributed by atoms with Gasteiger partial charge in [0.15, 0.2) is 5.82 Å². The fourth-order valence-corrected chi connectivity index (χ4v) is 1.72. The predicted molar refractivity (Wildman–Crippen MR) is 63.2 cm³/mol. The van der Waals surface area contributed by atoms with E-state index < -0.39 is 11.8 Å². The molecule has 0 bridgehead atoms. The summed E-state index contributed by atoms with van der Waals surface area (Å²) < 4.78 is 13.5. The van der Waals surface area contributed by atoms with E-state index in [1.54, 1.807) is 18.2 Å². The van der Waals surface area contributed by atoms with Gasteiger partial charge in [-0.15, -0.1) is 0 Å². The summed E-state index contributed by atoms with van der Waals surface area (Å²) in [5.74, 6) is -1.68. The van der Waals surface area contributed by atoms with Crippen LogP contribution in [0.4, 0.5) is 4.39 Å². The normalized spacial score (nSPS) is 10.3. The Hall–Kier alpha value is -2.01. The Bertz CT molecular complexity index is 604. The zero-order valence-corrected chi connectivity index (χ0v) is 9.86. The Balaban J connectivity index is 2.40. The van der Waals surface area contributed by atoms with E-state index in [4.69, 9.17) is 16.7 Å². The van der Waals surface area contributed by atoms with Crippen LogP contribution in [0.1, 0.15) is 21.6 Å². The Morgan fingerprint density at radius 3 is 2.83 bits per heavy atom. The maximum atomic E-state index is 13.5. The van der Waals surface area contributed by atoms with Crippen LogP contribution in [0.25, 0.3) is 0 Å². The molecule has 0 aliphatic carbocycles. The second kappa shape index (κ2) is 5.10. The third kappa shape index (κ3) is 2.62. The molecule has 0 unspecified atom stereocenters. The van der Waals surface area contributed by atoms with E-state index in [2.05, 4.69) is 9.97 Å². The lowest BCUT2D eigenvalue weighted by Crippen LogP contribution is -2.05. The van der Waals surface area contributed by atoms with Gasteiger partial charge in [0.1, 0.15) is 0 Å². The second-order valence-electron chi connectivity index (χ2n) is 3.57. The minimum Gasteiger partial charge on any atom is -0.478 e. The lowest BCUT2D eigenvalue weighted by atomic mass is 10.0. The zero-order chi connectivity index (χ0) is 13.1. The summed E-state index contributed by atoms with van der Waals surface area (Å²) in [6.45, 7) is 0. The van der Waals surface area contributed by atoms with Crippen LogP contribution < -0.4 is 0 Å². The number of hydrogen-bond donors (Lipinski definition) is 1. The molecule has 4 nitrogen and oxygen atoms in total. The topological polar surface area (TPSA) is 63.1 Å². The van der Waals surface area contributed by atoms with E-state index >= 15 is 0 Å². The summed E-state index contributed by atoms with van der Waals surface area (Å²) in [6.07, 6.45) is 1.02. The number of benzene rings is 1. The average Bonchev–Trinajstić information content (AvgIpc) is 2.34. The Kier molecular flexibility index (Phi) is 3.53. The molecule has 0 spiro atoms. The fourth-order valence-electron chi connectivity index (χ4n) is 1.57. The number of hydrogen-bond acceptors (Lipinski definition) is 3. The molecule has 0 fully saturated rings. The Morgan fingerprint density at radius 1 is 1.39 bits per heavy atom.